The molecule has 1 amide bonds. The molecule has 8 heteroatoms. The molecule has 0 radical (unpaired) electrons. The summed E-state index contributed by atoms with van der Waals surface area (Å²) in [6.45, 7) is 5.42. The van der Waals surface area contributed by atoms with Crippen molar-refractivity contribution in [2.75, 3.05) is 44.4 Å². The van der Waals surface area contributed by atoms with Crippen LogP contribution >= 0.6 is 35.7 Å². The quantitative estimate of drug-likeness (QED) is 0.307. The number of carbonyl (C=O) groups excluding carboxylic acids is 1. The molecule has 1 fully saturated rings. The molecule has 1 unspecified atom stereocenters. The number of anilines is 1. The number of ether oxygens (including phenoxy) is 1. The van der Waals surface area contributed by atoms with Crippen LogP contribution in [-0.4, -0.2) is 55.7 Å². The first-order valence-electron chi connectivity index (χ1n) is 9.71. The van der Waals surface area contributed by atoms with E-state index in [4.69, 9.17) is 4.74 Å². The Bertz CT molecular complexity index is 674. The highest BCUT2D eigenvalue weighted by atomic mass is 127. The molecule has 0 bridgehead atoms. The second kappa shape index (κ2) is 11.3. The van der Waals surface area contributed by atoms with E-state index >= 15 is 0 Å². The van der Waals surface area contributed by atoms with Crippen LogP contribution in [0.3, 0.4) is 0 Å². The summed E-state index contributed by atoms with van der Waals surface area (Å²) in [5.41, 5.74) is 2.10. The summed E-state index contributed by atoms with van der Waals surface area (Å²) in [6, 6.07) is 8.02. The third-order valence-corrected chi connectivity index (χ3v) is 6.73. The van der Waals surface area contributed by atoms with Gasteiger partial charge in [0.2, 0.25) is 5.91 Å². The third kappa shape index (κ3) is 6.00. The summed E-state index contributed by atoms with van der Waals surface area (Å²) in [5, 5.41) is 9.87. The molecule has 1 aromatic carbocycles. The number of hydrogen-bond donors (Lipinski definition) is 3. The van der Waals surface area contributed by atoms with Crippen LogP contribution in [0.15, 0.2) is 29.3 Å². The Morgan fingerprint density at radius 3 is 2.79 bits per heavy atom. The molecular weight excluding hydrogens is 487 g/mol. The Morgan fingerprint density at radius 1 is 1.32 bits per heavy atom. The molecule has 6 nitrogen and oxygen atoms in total. The van der Waals surface area contributed by atoms with Crippen molar-refractivity contribution in [3.05, 3.63) is 29.8 Å². The number of nitrogens with zero attached hydrogens (tertiary/aromatic N) is 1. The number of rotatable bonds is 6. The second-order valence-electron chi connectivity index (χ2n) is 7.07. The van der Waals surface area contributed by atoms with Gasteiger partial charge in [-0.1, -0.05) is 25.1 Å². The van der Waals surface area contributed by atoms with Gasteiger partial charge in [-0.2, -0.15) is 11.8 Å². The van der Waals surface area contributed by atoms with Gasteiger partial charge in [-0.15, -0.1) is 24.0 Å². The predicted octanol–water partition coefficient (Wildman–Crippen LogP) is 3.20. The summed E-state index contributed by atoms with van der Waals surface area (Å²) >= 11 is 2.01. The first-order valence-corrected chi connectivity index (χ1v) is 10.7. The molecule has 1 atom stereocenters. The van der Waals surface area contributed by atoms with Crippen molar-refractivity contribution in [3.8, 4) is 0 Å². The van der Waals surface area contributed by atoms with Crippen LogP contribution in [0.25, 0.3) is 0 Å². The smallest absolute Gasteiger partial charge is 0.225 e. The van der Waals surface area contributed by atoms with E-state index in [9.17, 15) is 4.79 Å². The molecule has 3 N–H and O–H groups in total. The van der Waals surface area contributed by atoms with Crippen molar-refractivity contribution < 1.29 is 9.53 Å². The monoisotopic (exact) mass is 518 g/mol. The fourth-order valence-electron chi connectivity index (χ4n) is 3.79. The lowest BCUT2D eigenvalue weighted by atomic mass is 9.90. The molecule has 2 aliphatic heterocycles. The van der Waals surface area contributed by atoms with Crippen molar-refractivity contribution >= 4 is 53.3 Å². The highest BCUT2D eigenvalue weighted by Crippen LogP contribution is 2.35. The molecule has 28 heavy (non-hydrogen) atoms. The molecule has 0 saturated carbocycles. The number of guanidine groups is 1. The van der Waals surface area contributed by atoms with E-state index < -0.39 is 0 Å². The summed E-state index contributed by atoms with van der Waals surface area (Å²) in [5.74, 6) is 2.11. The van der Waals surface area contributed by atoms with Gasteiger partial charge >= 0.3 is 0 Å². The Kier molecular flexibility index (Phi) is 9.36. The largest absolute Gasteiger partial charge is 0.381 e. The van der Waals surface area contributed by atoms with E-state index in [-0.39, 0.29) is 40.5 Å². The van der Waals surface area contributed by atoms with Gasteiger partial charge in [0.15, 0.2) is 5.96 Å². The normalized spacial score (nSPS) is 21.1. The minimum Gasteiger partial charge on any atom is -0.381 e. The first-order chi connectivity index (χ1) is 13.2. The van der Waals surface area contributed by atoms with Gasteiger partial charge in [0.25, 0.3) is 0 Å². The molecular formula is C20H31IN4O2S. The van der Waals surface area contributed by atoms with Crippen LogP contribution in [0.4, 0.5) is 5.69 Å². The number of para-hydroxylation sites is 1. The van der Waals surface area contributed by atoms with Gasteiger partial charge in [-0.05, 0) is 30.2 Å². The average molecular weight is 518 g/mol. The number of halogens is 1. The lowest BCUT2D eigenvalue weighted by Gasteiger charge is -2.37. The lowest BCUT2D eigenvalue weighted by molar-refractivity contribution is -0.116. The maximum absolute atomic E-state index is 12.0. The zero-order chi connectivity index (χ0) is 19.1. The van der Waals surface area contributed by atoms with Crippen molar-refractivity contribution in [3.63, 3.8) is 0 Å². The van der Waals surface area contributed by atoms with E-state index in [1.165, 1.54) is 5.56 Å². The van der Waals surface area contributed by atoms with Crippen molar-refractivity contribution in [1.82, 2.24) is 10.6 Å². The number of aliphatic imine (C=N–C) groups is 1. The Morgan fingerprint density at radius 2 is 2.07 bits per heavy atom. The van der Waals surface area contributed by atoms with Crippen LogP contribution in [0.2, 0.25) is 0 Å². The van der Waals surface area contributed by atoms with Crippen LogP contribution in [0.5, 0.6) is 0 Å². The van der Waals surface area contributed by atoms with Gasteiger partial charge in [-0.25, -0.2) is 0 Å². The number of thioether (sulfide) groups is 1. The van der Waals surface area contributed by atoms with Gasteiger partial charge in [-0.3, -0.25) is 9.79 Å². The number of carbonyl (C=O) groups is 1. The van der Waals surface area contributed by atoms with E-state index in [2.05, 4.69) is 33.9 Å². The topological polar surface area (TPSA) is 74.8 Å². The number of amides is 1. The maximum atomic E-state index is 12.0. The minimum absolute atomic E-state index is 0. The average Bonchev–Trinajstić information content (AvgIpc) is 2.69. The number of nitrogens with one attached hydrogen (secondary N) is 3. The number of fused-ring (bicyclic) bond motifs is 1. The zero-order valence-corrected chi connectivity index (χ0v) is 19.8. The third-order valence-electron chi connectivity index (χ3n) is 5.28. The Hall–Kier alpha value is -1.000. The van der Waals surface area contributed by atoms with E-state index in [0.717, 1.165) is 50.0 Å². The fraction of sp³-hybridized carbons (Fsp3) is 0.600. The SMILES string of the molecule is CCSC1(CNC(=NC)NCC2CC(=O)Nc3ccccc32)CCOCC1.I. The van der Waals surface area contributed by atoms with Crippen LogP contribution in [0, 0.1) is 0 Å². The number of hydrogen-bond acceptors (Lipinski definition) is 4. The molecule has 2 aliphatic rings. The van der Waals surface area contributed by atoms with Crippen LogP contribution in [-0.2, 0) is 9.53 Å². The molecule has 1 aromatic rings. The zero-order valence-electron chi connectivity index (χ0n) is 16.6. The van der Waals surface area contributed by atoms with Crippen molar-refractivity contribution in [2.45, 2.75) is 36.9 Å². The Balaban J connectivity index is 0.00000280. The fourth-order valence-corrected chi connectivity index (χ4v) is 5.03. The second-order valence-corrected chi connectivity index (χ2v) is 8.80. The van der Waals surface area contributed by atoms with E-state index in [0.29, 0.717) is 13.0 Å². The van der Waals surface area contributed by atoms with E-state index in [1.54, 1.807) is 7.05 Å². The maximum Gasteiger partial charge on any atom is 0.225 e. The predicted molar refractivity (Wildman–Crippen MR) is 128 cm³/mol. The van der Waals surface area contributed by atoms with E-state index in [1.807, 2.05) is 30.0 Å². The molecule has 0 aliphatic carbocycles. The Labute approximate surface area is 189 Å². The first kappa shape index (κ1) is 23.3. The molecule has 2 heterocycles. The molecule has 156 valence electrons. The molecule has 1 saturated heterocycles. The van der Waals surface area contributed by atoms with Gasteiger partial charge in [0, 0.05) is 56.1 Å². The minimum atomic E-state index is 0. The van der Waals surface area contributed by atoms with Gasteiger partial charge in [0.1, 0.15) is 0 Å². The highest BCUT2D eigenvalue weighted by molar-refractivity contribution is 14.0. The summed E-state index contributed by atoms with van der Waals surface area (Å²) < 4.78 is 5.76. The molecule has 3 rings (SSSR count). The van der Waals surface area contributed by atoms with Gasteiger partial charge < -0.3 is 20.7 Å². The van der Waals surface area contributed by atoms with Crippen LogP contribution < -0.4 is 16.0 Å². The lowest BCUT2D eigenvalue weighted by Crippen LogP contribution is -2.49. The standard InChI is InChI=1S/C20H30N4O2S.HI/c1-3-27-20(8-10-26-11-9-20)14-23-19(21-2)22-13-15-12-18(25)24-17-7-5-4-6-16(15)17;/h4-7,15H,3,8-14H2,1-2H3,(H,24,25)(H2,21,22,23);1H. The number of benzene rings is 1. The summed E-state index contributed by atoms with van der Waals surface area (Å²) in [4.78, 5) is 16.4. The summed E-state index contributed by atoms with van der Waals surface area (Å²) in [6.07, 6.45) is 2.62. The highest BCUT2D eigenvalue weighted by Gasteiger charge is 2.33. The summed E-state index contributed by atoms with van der Waals surface area (Å²) in [7, 11) is 1.79. The van der Waals surface area contributed by atoms with Crippen molar-refractivity contribution in [1.29, 1.82) is 0 Å². The van der Waals surface area contributed by atoms with Gasteiger partial charge in [0.05, 0.1) is 0 Å². The van der Waals surface area contributed by atoms with Crippen molar-refractivity contribution in [2.24, 2.45) is 4.99 Å². The van der Waals surface area contributed by atoms with Crippen LogP contribution in [0.1, 0.15) is 37.7 Å². The molecule has 0 aromatic heterocycles. The molecule has 0 spiro atoms.